The van der Waals surface area contributed by atoms with Crippen LogP contribution in [0.2, 0.25) is 0 Å². The van der Waals surface area contributed by atoms with Crippen LogP contribution in [0, 0.1) is 0 Å². The molecule has 2 aromatic heterocycles. The summed E-state index contributed by atoms with van der Waals surface area (Å²) in [4.78, 5) is 27.7. The molecule has 3 heterocycles. The maximum Gasteiger partial charge on any atom is 0.222 e. The zero-order chi connectivity index (χ0) is 20.1. The molecule has 0 N–H and O–H groups in total. The maximum absolute atomic E-state index is 12.6. The highest BCUT2D eigenvalue weighted by molar-refractivity contribution is 5.76. The molecule has 0 unspecified atom stereocenters. The topological polar surface area (TPSA) is 73.1 Å². The molecule has 1 aliphatic rings. The molecule has 1 aromatic carbocycles. The van der Waals surface area contributed by atoms with E-state index in [1.54, 1.807) is 25.8 Å². The van der Waals surface area contributed by atoms with Crippen molar-refractivity contribution in [1.29, 1.82) is 0 Å². The third kappa shape index (κ3) is 4.62. The Morgan fingerprint density at radius 2 is 1.93 bits per heavy atom. The normalized spacial score (nSPS) is 14.7. The van der Waals surface area contributed by atoms with Crippen LogP contribution in [0.3, 0.4) is 0 Å². The van der Waals surface area contributed by atoms with Gasteiger partial charge in [-0.3, -0.25) is 14.3 Å². The van der Waals surface area contributed by atoms with Crippen molar-refractivity contribution in [1.82, 2.24) is 24.4 Å². The second-order valence-corrected chi connectivity index (χ2v) is 7.28. The van der Waals surface area contributed by atoms with Gasteiger partial charge in [0.15, 0.2) is 5.82 Å². The minimum absolute atomic E-state index is 0.220. The summed E-state index contributed by atoms with van der Waals surface area (Å²) in [6.07, 6.45) is 12.0. The Labute approximate surface area is 170 Å². The molecule has 150 valence electrons. The molecule has 1 aliphatic heterocycles. The highest BCUT2D eigenvalue weighted by Gasteiger charge is 2.25. The van der Waals surface area contributed by atoms with Crippen LogP contribution in [0.4, 0.5) is 0 Å². The van der Waals surface area contributed by atoms with Gasteiger partial charge in [-0.1, -0.05) is 12.1 Å². The lowest BCUT2D eigenvalue weighted by Crippen LogP contribution is -2.38. The summed E-state index contributed by atoms with van der Waals surface area (Å²) in [6, 6.07) is 7.91. The summed E-state index contributed by atoms with van der Waals surface area (Å²) in [7, 11) is 1.65. The molecule has 0 aliphatic carbocycles. The molecule has 0 atom stereocenters. The standard InChI is InChI=1S/C22H25N5O2/c1-29-19-5-2-17(3-6-19)4-7-22(28)26-11-8-18(9-12-26)20-14-24-15-21(25-20)27-13-10-23-16-27/h2-3,5-6,10,13-16,18H,4,7-9,11-12H2,1H3. The molecule has 4 rings (SSSR count). The van der Waals surface area contributed by atoms with Gasteiger partial charge in [0.2, 0.25) is 5.91 Å². The number of amides is 1. The van der Waals surface area contributed by atoms with Crippen molar-refractivity contribution in [2.24, 2.45) is 0 Å². The fraction of sp³-hybridized carbons (Fsp3) is 0.364. The SMILES string of the molecule is COc1ccc(CCC(=O)N2CCC(c3cncc(-n4ccnc4)n3)CC2)cc1. The molecule has 1 fully saturated rings. The lowest BCUT2D eigenvalue weighted by atomic mass is 9.93. The van der Waals surface area contributed by atoms with Crippen LogP contribution in [-0.4, -0.2) is 50.5 Å². The number of aryl methyl sites for hydroxylation is 1. The van der Waals surface area contributed by atoms with Crippen LogP contribution < -0.4 is 4.74 Å². The molecule has 0 spiro atoms. The summed E-state index contributed by atoms with van der Waals surface area (Å²) in [5, 5.41) is 0. The summed E-state index contributed by atoms with van der Waals surface area (Å²) in [6.45, 7) is 1.53. The maximum atomic E-state index is 12.6. The zero-order valence-electron chi connectivity index (χ0n) is 16.6. The third-order valence-corrected chi connectivity index (χ3v) is 5.46. The molecular weight excluding hydrogens is 366 g/mol. The summed E-state index contributed by atoms with van der Waals surface area (Å²) >= 11 is 0. The van der Waals surface area contributed by atoms with Gasteiger partial charge in [0, 0.05) is 44.0 Å². The van der Waals surface area contributed by atoms with Crippen LogP contribution in [0.15, 0.2) is 55.4 Å². The number of benzene rings is 1. The van der Waals surface area contributed by atoms with E-state index in [2.05, 4.69) is 9.97 Å². The van der Waals surface area contributed by atoms with Crippen molar-refractivity contribution >= 4 is 5.91 Å². The average Bonchev–Trinajstić information content (AvgIpc) is 3.33. The minimum Gasteiger partial charge on any atom is -0.497 e. The number of aromatic nitrogens is 4. The number of hydrogen-bond acceptors (Lipinski definition) is 5. The van der Waals surface area contributed by atoms with E-state index < -0.39 is 0 Å². The van der Waals surface area contributed by atoms with Crippen LogP contribution in [0.25, 0.3) is 5.82 Å². The molecule has 29 heavy (non-hydrogen) atoms. The molecule has 1 saturated heterocycles. The van der Waals surface area contributed by atoms with E-state index in [1.165, 1.54) is 0 Å². The molecule has 7 heteroatoms. The first-order valence-electron chi connectivity index (χ1n) is 9.94. The van der Waals surface area contributed by atoms with Crippen LogP contribution in [0.1, 0.15) is 36.4 Å². The molecule has 0 bridgehead atoms. The van der Waals surface area contributed by atoms with Gasteiger partial charge in [-0.2, -0.15) is 0 Å². The first kappa shape index (κ1) is 19.1. The highest BCUT2D eigenvalue weighted by Crippen LogP contribution is 2.27. The number of carbonyl (C=O) groups excluding carboxylic acids is 1. The van der Waals surface area contributed by atoms with Crippen molar-refractivity contribution in [2.75, 3.05) is 20.2 Å². The predicted molar refractivity (Wildman–Crippen MR) is 109 cm³/mol. The molecule has 7 nitrogen and oxygen atoms in total. The third-order valence-electron chi connectivity index (χ3n) is 5.46. The second kappa shape index (κ2) is 8.86. The van der Waals surface area contributed by atoms with Crippen LogP contribution in [0.5, 0.6) is 5.75 Å². The largest absolute Gasteiger partial charge is 0.497 e. The Kier molecular flexibility index (Phi) is 5.84. The molecule has 1 amide bonds. The van der Waals surface area contributed by atoms with E-state index >= 15 is 0 Å². The summed E-state index contributed by atoms with van der Waals surface area (Å²) in [5.74, 6) is 2.16. The van der Waals surface area contributed by atoms with Gasteiger partial charge < -0.3 is 9.64 Å². The van der Waals surface area contributed by atoms with Gasteiger partial charge in [0.1, 0.15) is 12.1 Å². The van der Waals surface area contributed by atoms with Gasteiger partial charge in [0.25, 0.3) is 0 Å². The first-order valence-corrected chi connectivity index (χ1v) is 9.94. The van der Waals surface area contributed by atoms with Crippen molar-refractivity contribution in [3.63, 3.8) is 0 Å². The van der Waals surface area contributed by atoms with Gasteiger partial charge in [0.05, 0.1) is 19.0 Å². The van der Waals surface area contributed by atoms with Gasteiger partial charge >= 0.3 is 0 Å². The molecule has 0 saturated carbocycles. The number of methoxy groups -OCH3 is 1. The number of nitrogens with zero attached hydrogens (tertiary/aromatic N) is 5. The van der Waals surface area contributed by atoms with E-state index in [9.17, 15) is 4.79 Å². The van der Waals surface area contributed by atoms with Crippen molar-refractivity contribution < 1.29 is 9.53 Å². The fourth-order valence-electron chi connectivity index (χ4n) is 3.71. The number of hydrogen-bond donors (Lipinski definition) is 0. The van der Waals surface area contributed by atoms with Gasteiger partial charge in [-0.15, -0.1) is 0 Å². The number of ether oxygens (including phenoxy) is 1. The average molecular weight is 391 g/mol. The molecule has 0 radical (unpaired) electrons. The fourth-order valence-corrected chi connectivity index (χ4v) is 3.71. The number of imidazole rings is 1. The van der Waals surface area contributed by atoms with Crippen LogP contribution in [-0.2, 0) is 11.2 Å². The number of piperidine rings is 1. The van der Waals surface area contributed by atoms with Gasteiger partial charge in [-0.25, -0.2) is 9.97 Å². The summed E-state index contributed by atoms with van der Waals surface area (Å²) in [5.41, 5.74) is 2.14. The summed E-state index contributed by atoms with van der Waals surface area (Å²) < 4.78 is 7.03. The Bertz CT molecular complexity index is 932. The number of likely N-dealkylation sites (tertiary alicyclic amines) is 1. The Hall–Kier alpha value is -3.22. The van der Waals surface area contributed by atoms with E-state index in [1.807, 2.05) is 46.1 Å². The quantitative estimate of drug-likeness (QED) is 0.646. The first-order chi connectivity index (χ1) is 14.2. The smallest absolute Gasteiger partial charge is 0.222 e. The molecule has 3 aromatic rings. The second-order valence-electron chi connectivity index (χ2n) is 7.28. The van der Waals surface area contributed by atoms with Crippen LogP contribution >= 0.6 is 0 Å². The van der Waals surface area contributed by atoms with E-state index in [0.29, 0.717) is 12.3 Å². The lowest BCUT2D eigenvalue weighted by molar-refractivity contribution is -0.132. The zero-order valence-corrected chi connectivity index (χ0v) is 16.6. The molecular formula is C22H25N5O2. The highest BCUT2D eigenvalue weighted by atomic mass is 16.5. The number of carbonyl (C=O) groups is 1. The minimum atomic E-state index is 0.220. The monoisotopic (exact) mass is 391 g/mol. The van der Waals surface area contributed by atoms with Crippen molar-refractivity contribution in [3.05, 3.63) is 66.6 Å². The van der Waals surface area contributed by atoms with Crippen molar-refractivity contribution in [2.45, 2.75) is 31.6 Å². The number of rotatable bonds is 6. The van der Waals surface area contributed by atoms with E-state index in [4.69, 9.17) is 9.72 Å². The van der Waals surface area contributed by atoms with Gasteiger partial charge in [-0.05, 0) is 37.0 Å². The Morgan fingerprint density at radius 1 is 1.14 bits per heavy atom. The van der Waals surface area contributed by atoms with E-state index in [0.717, 1.165) is 55.2 Å². The Morgan fingerprint density at radius 3 is 2.62 bits per heavy atom. The predicted octanol–water partition coefficient (Wildman–Crippen LogP) is 3.01. The van der Waals surface area contributed by atoms with E-state index in [-0.39, 0.29) is 5.91 Å². The lowest BCUT2D eigenvalue weighted by Gasteiger charge is -2.31. The van der Waals surface area contributed by atoms with Crippen molar-refractivity contribution in [3.8, 4) is 11.6 Å². The Balaban J connectivity index is 1.30.